The van der Waals surface area contributed by atoms with Gasteiger partial charge >= 0.3 is 0 Å². The number of piperazine rings is 1. The molecule has 2 rings (SSSR count). The van der Waals surface area contributed by atoms with Gasteiger partial charge in [0.1, 0.15) is 0 Å². The van der Waals surface area contributed by atoms with Crippen molar-refractivity contribution in [2.45, 2.75) is 12.8 Å². The van der Waals surface area contributed by atoms with Gasteiger partial charge in [-0.2, -0.15) is 0 Å². The Morgan fingerprint density at radius 2 is 1.82 bits per heavy atom. The monoisotopic (exact) mass is 323 g/mol. The van der Waals surface area contributed by atoms with Crippen LogP contribution in [0.15, 0.2) is 24.3 Å². The first-order chi connectivity index (χ1) is 10.7. The number of halogens is 1. The van der Waals surface area contributed by atoms with E-state index in [0.29, 0.717) is 39.1 Å². The molecule has 1 aromatic rings. The number of nitrogens with zero attached hydrogens (tertiary/aromatic N) is 2. The molecule has 0 radical (unpaired) electrons. The molecule has 6 heteroatoms. The minimum Gasteiger partial charge on any atom is -0.342 e. The van der Waals surface area contributed by atoms with Crippen LogP contribution >= 0.6 is 11.6 Å². The fourth-order valence-corrected chi connectivity index (χ4v) is 2.56. The Kier molecular flexibility index (Phi) is 6.68. The highest BCUT2D eigenvalue weighted by Crippen LogP contribution is 2.09. The van der Waals surface area contributed by atoms with Gasteiger partial charge in [-0.3, -0.25) is 9.59 Å². The lowest BCUT2D eigenvalue weighted by Gasteiger charge is -2.32. The summed E-state index contributed by atoms with van der Waals surface area (Å²) < 4.78 is 0. The van der Waals surface area contributed by atoms with Gasteiger partial charge in [0, 0.05) is 44.2 Å². The minimum atomic E-state index is 0.157. The molecule has 0 spiro atoms. The van der Waals surface area contributed by atoms with E-state index in [9.17, 15) is 9.59 Å². The number of benzene rings is 1. The summed E-state index contributed by atoms with van der Waals surface area (Å²) in [4.78, 5) is 26.2. The summed E-state index contributed by atoms with van der Waals surface area (Å²) in [5.41, 5.74) is 1.23. The predicted molar refractivity (Wildman–Crippen MR) is 86.9 cm³/mol. The number of amides is 2. The maximum atomic E-state index is 12.0. The molecule has 2 amide bonds. The third kappa shape index (κ3) is 5.31. The molecule has 0 aliphatic carbocycles. The van der Waals surface area contributed by atoms with Crippen LogP contribution in [0.4, 0.5) is 0 Å². The van der Waals surface area contributed by atoms with Gasteiger partial charge in [0.2, 0.25) is 12.3 Å². The lowest BCUT2D eigenvalue weighted by atomic mass is 10.1. The maximum Gasteiger partial charge on any atom is 0.223 e. The Hall–Kier alpha value is -1.59. The van der Waals surface area contributed by atoms with Crippen LogP contribution in [-0.2, 0) is 16.0 Å². The molecule has 1 aliphatic heterocycles. The van der Waals surface area contributed by atoms with Crippen LogP contribution in [0.3, 0.4) is 0 Å². The fourth-order valence-electron chi connectivity index (χ4n) is 2.44. The van der Waals surface area contributed by atoms with E-state index < -0.39 is 0 Å². The van der Waals surface area contributed by atoms with Gasteiger partial charge < -0.3 is 15.1 Å². The predicted octanol–water partition coefficient (Wildman–Crippen LogP) is 1.16. The zero-order valence-electron chi connectivity index (χ0n) is 12.6. The van der Waals surface area contributed by atoms with Gasteiger partial charge in [0.25, 0.3) is 0 Å². The smallest absolute Gasteiger partial charge is 0.223 e. The molecule has 1 fully saturated rings. The first-order valence-corrected chi connectivity index (χ1v) is 7.99. The van der Waals surface area contributed by atoms with Crippen molar-refractivity contribution < 1.29 is 9.59 Å². The van der Waals surface area contributed by atoms with E-state index in [1.807, 2.05) is 29.2 Å². The zero-order valence-corrected chi connectivity index (χ0v) is 13.4. The molecule has 0 saturated carbocycles. The highest BCUT2D eigenvalue weighted by Gasteiger charge is 2.19. The van der Waals surface area contributed by atoms with Crippen molar-refractivity contribution in [2.24, 2.45) is 0 Å². The molecule has 0 atom stereocenters. The van der Waals surface area contributed by atoms with Crippen LogP contribution in [-0.4, -0.2) is 61.4 Å². The summed E-state index contributed by atoms with van der Waals surface area (Å²) in [6, 6.07) is 7.81. The van der Waals surface area contributed by atoms with Crippen LogP contribution in [0, 0.1) is 0 Å². The van der Waals surface area contributed by atoms with E-state index in [-0.39, 0.29) is 5.91 Å². The summed E-state index contributed by atoms with van der Waals surface area (Å²) in [5, 5.41) is 4.04. The highest BCUT2D eigenvalue weighted by molar-refractivity contribution is 6.30. The van der Waals surface area contributed by atoms with Crippen molar-refractivity contribution in [3.8, 4) is 0 Å². The molecule has 0 aromatic heterocycles. The van der Waals surface area contributed by atoms with Gasteiger partial charge in [0.05, 0.1) is 0 Å². The van der Waals surface area contributed by atoms with Crippen molar-refractivity contribution in [2.75, 3.05) is 39.3 Å². The summed E-state index contributed by atoms with van der Waals surface area (Å²) in [5.74, 6) is 0.157. The Morgan fingerprint density at radius 3 is 2.45 bits per heavy atom. The second-order valence-electron chi connectivity index (χ2n) is 5.40. The molecule has 120 valence electrons. The van der Waals surface area contributed by atoms with Crippen LogP contribution in [0.2, 0.25) is 5.02 Å². The number of hydrogen-bond acceptors (Lipinski definition) is 3. The van der Waals surface area contributed by atoms with Crippen molar-refractivity contribution in [3.63, 3.8) is 0 Å². The molecule has 0 bridgehead atoms. The topological polar surface area (TPSA) is 52.7 Å². The summed E-state index contributed by atoms with van der Waals surface area (Å²) in [6.45, 7) is 4.08. The van der Waals surface area contributed by atoms with Crippen LogP contribution < -0.4 is 5.32 Å². The first kappa shape index (κ1) is 16.8. The lowest BCUT2D eigenvalue weighted by molar-refractivity contribution is -0.135. The number of nitrogens with one attached hydrogen (secondary N) is 1. The van der Waals surface area contributed by atoms with Crippen molar-refractivity contribution in [1.82, 2.24) is 15.1 Å². The zero-order chi connectivity index (χ0) is 15.8. The Labute approximate surface area is 136 Å². The SMILES string of the molecule is O=CN1CCN(C(=O)CCNCCc2ccc(Cl)cc2)CC1. The van der Waals surface area contributed by atoms with Crippen molar-refractivity contribution >= 4 is 23.9 Å². The largest absolute Gasteiger partial charge is 0.342 e. The number of hydrogen-bond donors (Lipinski definition) is 1. The van der Waals surface area contributed by atoms with Crippen LogP contribution in [0.5, 0.6) is 0 Å². The van der Waals surface area contributed by atoms with Crippen LogP contribution in [0.1, 0.15) is 12.0 Å². The molecular weight excluding hydrogens is 302 g/mol. The van der Waals surface area contributed by atoms with E-state index >= 15 is 0 Å². The highest BCUT2D eigenvalue weighted by atomic mass is 35.5. The second-order valence-corrected chi connectivity index (χ2v) is 5.84. The summed E-state index contributed by atoms with van der Waals surface area (Å²) in [6.07, 6.45) is 2.27. The Balaban J connectivity index is 1.57. The number of rotatable bonds is 7. The standard InChI is InChI=1S/C16H22ClN3O2/c17-15-3-1-14(2-4-15)5-7-18-8-6-16(22)20-11-9-19(13-21)10-12-20/h1-4,13,18H,5-12H2. The van der Waals surface area contributed by atoms with Crippen LogP contribution in [0.25, 0.3) is 0 Å². The molecule has 22 heavy (non-hydrogen) atoms. The van der Waals surface area contributed by atoms with Gasteiger partial charge in [-0.05, 0) is 30.7 Å². The number of carbonyl (C=O) groups excluding carboxylic acids is 2. The quantitative estimate of drug-likeness (QED) is 0.605. The van der Waals surface area contributed by atoms with Gasteiger partial charge in [-0.1, -0.05) is 23.7 Å². The fraction of sp³-hybridized carbons (Fsp3) is 0.500. The molecule has 0 unspecified atom stereocenters. The van der Waals surface area contributed by atoms with Crippen molar-refractivity contribution in [3.05, 3.63) is 34.9 Å². The third-order valence-corrected chi connectivity index (χ3v) is 4.09. The van der Waals surface area contributed by atoms with Crippen molar-refractivity contribution in [1.29, 1.82) is 0 Å². The van der Waals surface area contributed by atoms with E-state index in [4.69, 9.17) is 11.6 Å². The Bertz CT molecular complexity index is 485. The normalized spacial score (nSPS) is 15.0. The number of carbonyl (C=O) groups is 2. The van der Waals surface area contributed by atoms with E-state index in [2.05, 4.69) is 5.32 Å². The Morgan fingerprint density at radius 1 is 1.14 bits per heavy atom. The molecule has 1 aliphatic rings. The summed E-state index contributed by atoms with van der Waals surface area (Å²) in [7, 11) is 0. The maximum absolute atomic E-state index is 12.0. The average Bonchev–Trinajstić information content (AvgIpc) is 2.56. The lowest BCUT2D eigenvalue weighted by Crippen LogP contribution is -2.48. The van der Waals surface area contributed by atoms with E-state index in [1.165, 1.54) is 5.56 Å². The second kappa shape index (κ2) is 8.76. The van der Waals surface area contributed by atoms with Gasteiger partial charge in [-0.15, -0.1) is 0 Å². The van der Waals surface area contributed by atoms with Gasteiger partial charge in [-0.25, -0.2) is 0 Å². The molecule has 1 heterocycles. The van der Waals surface area contributed by atoms with E-state index in [1.54, 1.807) is 4.90 Å². The average molecular weight is 324 g/mol. The van der Waals surface area contributed by atoms with Gasteiger partial charge in [0.15, 0.2) is 0 Å². The first-order valence-electron chi connectivity index (χ1n) is 7.61. The molecule has 1 N–H and O–H groups in total. The molecule has 1 aromatic carbocycles. The molecular formula is C16H22ClN3O2. The molecule has 5 nitrogen and oxygen atoms in total. The van der Waals surface area contributed by atoms with E-state index in [0.717, 1.165) is 24.4 Å². The molecule has 1 saturated heterocycles. The summed E-state index contributed by atoms with van der Waals surface area (Å²) >= 11 is 5.84. The third-order valence-electron chi connectivity index (χ3n) is 3.84. The minimum absolute atomic E-state index is 0.157.